The van der Waals surface area contributed by atoms with Gasteiger partial charge < -0.3 is 20.3 Å². The van der Waals surface area contributed by atoms with Gasteiger partial charge >= 0.3 is 6.03 Å². The first-order chi connectivity index (χ1) is 15.8. The Morgan fingerprint density at radius 3 is 2.61 bits per heavy atom. The Kier molecular flexibility index (Phi) is 10.1. The fraction of sp³-hybridized carbons (Fsp3) is 0.667. The van der Waals surface area contributed by atoms with Gasteiger partial charge in [0.05, 0.1) is 22.8 Å². The van der Waals surface area contributed by atoms with Crippen LogP contribution in [0.5, 0.6) is 0 Å². The maximum Gasteiger partial charge on any atom is 0.317 e. The van der Waals surface area contributed by atoms with Gasteiger partial charge in [-0.25, -0.2) is 4.79 Å². The number of halogens is 2. The van der Waals surface area contributed by atoms with Crippen LogP contribution >= 0.6 is 23.2 Å². The quantitative estimate of drug-likeness (QED) is 0.569. The molecule has 2 aliphatic heterocycles. The Bertz CT molecular complexity index is 800. The lowest BCUT2D eigenvalue weighted by Gasteiger charge is -2.33. The number of likely N-dealkylation sites (tertiary alicyclic amines) is 1. The third-order valence-electron chi connectivity index (χ3n) is 6.23. The number of hydrogen-bond donors (Lipinski definition) is 2. The molecule has 1 aromatic carbocycles. The number of morpholine rings is 1. The molecule has 3 rings (SSSR count). The van der Waals surface area contributed by atoms with Crippen molar-refractivity contribution in [3.05, 3.63) is 33.8 Å². The van der Waals surface area contributed by atoms with Gasteiger partial charge in [0.15, 0.2) is 0 Å². The van der Waals surface area contributed by atoms with Crippen molar-refractivity contribution in [2.75, 3.05) is 39.3 Å². The Hall–Kier alpha value is -1.54. The summed E-state index contributed by atoms with van der Waals surface area (Å²) in [6.45, 7) is 9.00. The molecule has 7 nitrogen and oxygen atoms in total. The molecule has 33 heavy (non-hydrogen) atoms. The van der Waals surface area contributed by atoms with E-state index in [-0.39, 0.29) is 24.1 Å². The summed E-state index contributed by atoms with van der Waals surface area (Å²) in [6.07, 6.45) is 3.26. The summed E-state index contributed by atoms with van der Waals surface area (Å²) < 4.78 is 5.85. The second-order valence-corrected chi connectivity index (χ2v) is 10.2. The normalized spacial score (nSPS) is 20.2. The summed E-state index contributed by atoms with van der Waals surface area (Å²) in [6, 6.07) is 5.87. The van der Waals surface area contributed by atoms with Crippen LogP contribution in [0.2, 0.25) is 10.0 Å². The molecule has 0 unspecified atom stereocenters. The molecule has 184 valence electrons. The molecular weight excluding hydrogens is 463 g/mol. The van der Waals surface area contributed by atoms with Crippen molar-refractivity contribution >= 4 is 35.1 Å². The van der Waals surface area contributed by atoms with E-state index < -0.39 is 0 Å². The zero-order valence-corrected chi connectivity index (χ0v) is 21.1. The average molecular weight is 499 g/mol. The van der Waals surface area contributed by atoms with Crippen LogP contribution in [-0.4, -0.2) is 73.2 Å². The van der Waals surface area contributed by atoms with Crippen LogP contribution in [0.4, 0.5) is 4.79 Å². The summed E-state index contributed by atoms with van der Waals surface area (Å²) >= 11 is 12.1. The third kappa shape index (κ3) is 8.63. The largest absolute Gasteiger partial charge is 0.374 e. The number of piperidine rings is 1. The number of urea groups is 1. The first kappa shape index (κ1) is 26.1. The zero-order chi connectivity index (χ0) is 23.8. The number of carbonyl (C=O) groups excluding carboxylic acids is 2. The van der Waals surface area contributed by atoms with Crippen LogP contribution < -0.4 is 10.6 Å². The van der Waals surface area contributed by atoms with Gasteiger partial charge in [-0.2, -0.15) is 0 Å². The number of benzene rings is 1. The van der Waals surface area contributed by atoms with Crippen molar-refractivity contribution in [2.45, 2.75) is 58.2 Å². The van der Waals surface area contributed by atoms with Crippen molar-refractivity contribution < 1.29 is 14.3 Å². The number of nitrogens with zero attached hydrogens (tertiary/aromatic N) is 2. The van der Waals surface area contributed by atoms with E-state index >= 15 is 0 Å². The van der Waals surface area contributed by atoms with Crippen molar-refractivity contribution in [1.82, 2.24) is 20.4 Å². The Balaban J connectivity index is 1.32. The van der Waals surface area contributed by atoms with Crippen molar-refractivity contribution in [3.8, 4) is 0 Å². The minimum absolute atomic E-state index is 0.0156. The lowest BCUT2D eigenvalue weighted by molar-refractivity contribution is -0.122. The van der Waals surface area contributed by atoms with E-state index in [1.165, 1.54) is 0 Å². The highest BCUT2D eigenvalue weighted by molar-refractivity contribution is 6.42. The van der Waals surface area contributed by atoms with E-state index in [9.17, 15) is 9.59 Å². The van der Waals surface area contributed by atoms with Gasteiger partial charge in [-0.05, 0) is 56.7 Å². The third-order valence-corrected chi connectivity index (χ3v) is 6.97. The number of ether oxygens (including phenoxy) is 1. The molecule has 1 atom stereocenters. The lowest BCUT2D eigenvalue weighted by atomic mass is 9.92. The smallest absolute Gasteiger partial charge is 0.317 e. The molecule has 2 saturated heterocycles. The minimum Gasteiger partial charge on any atom is -0.374 e. The maximum absolute atomic E-state index is 12.4. The van der Waals surface area contributed by atoms with Crippen molar-refractivity contribution in [2.24, 2.45) is 5.92 Å². The molecular formula is C24H36Cl2N4O3. The van der Waals surface area contributed by atoms with Crippen LogP contribution in [-0.2, 0) is 16.1 Å². The Labute approximate surface area is 207 Å². The van der Waals surface area contributed by atoms with Crippen LogP contribution in [0, 0.1) is 5.92 Å². The molecule has 0 aromatic heterocycles. The Morgan fingerprint density at radius 1 is 1.15 bits per heavy atom. The molecule has 0 aliphatic carbocycles. The number of amides is 3. The SMILES string of the molecule is CC(C)NC(=O)N1CCC(CCC(=O)NC[C@H]2CN(Cc3ccc(Cl)c(Cl)c3)CCO2)CC1. The first-order valence-corrected chi connectivity index (χ1v) is 12.7. The van der Waals surface area contributed by atoms with Gasteiger partial charge in [0.1, 0.15) is 0 Å². The predicted octanol–water partition coefficient (Wildman–Crippen LogP) is 3.92. The van der Waals surface area contributed by atoms with E-state index in [1.807, 2.05) is 36.9 Å². The number of nitrogens with one attached hydrogen (secondary N) is 2. The molecule has 2 aliphatic rings. The van der Waals surface area contributed by atoms with E-state index in [4.69, 9.17) is 27.9 Å². The average Bonchev–Trinajstić information content (AvgIpc) is 2.79. The van der Waals surface area contributed by atoms with E-state index in [0.29, 0.717) is 35.5 Å². The predicted molar refractivity (Wildman–Crippen MR) is 132 cm³/mol. The fourth-order valence-corrected chi connectivity index (χ4v) is 4.68. The second-order valence-electron chi connectivity index (χ2n) is 9.35. The van der Waals surface area contributed by atoms with Gasteiger partial charge in [0, 0.05) is 51.7 Å². The summed E-state index contributed by atoms with van der Waals surface area (Å²) in [7, 11) is 0. The van der Waals surface area contributed by atoms with Crippen LogP contribution in [0.15, 0.2) is 18.2 Å². The highest BCUT2D eigenvalue weighted by Crippen LogP contribution is 2.24. The lowest BCUT2D eigenvalue weighted by Crippen LogP contribution is -2.47. The summed E-state index contributed by atoms with van der Waals surface area (Å²) in [5.41, 5.74) is 1.11. The molecule has 9 heteroatoms. The zero-order valence-electron chi connectivity index (χ0n) is 19.6. The van der Waals surface area contributed by atoms with Gasteiger partial charge in [0.25, 0.3) is 0 Å². The minimum atomic E-state index is -0.0202. The summed E-state index contributed by atoms with van der Waals surface area (Å²) in [5.74, 6) is 0.562. The van der Waals surface area contributed by atoms with E-state index in [0.717, 1.165) is 57.5 Å². The molecule has 0 bridgehead atoms. The highest BCUT2D eigenvalue weighted by atomic mass is 35.5. The van der Waals surface area contributed by atoms with Gasteiger partial charge in [-0.1, -0.05) is 29.3 Å². The molecule has 3 amide bonds. The van der Waals surface area contributed by atoms with Gasteiger partial charge in [-0.3, -0.25) is 9.69 Å². The van der Waals surface area contributed by atoms with Crippen LogP contribution in [0.1, 0.15) is 45.1 Å². The van der Waals surface area contributed by atoms with Crippen LogP contribution in [0.3, 0.4) is 0 Å². The fourth-order valence-electron chi connectivity index (χ4n) is 4.36. The molecule has 0 saturated carbocycles. The van der Waals surface area contributed by atoms with E-state index in [2.05, 4.69) is 15.5 Å². The van der Waals surface area contributed by atoms with Crippen LogP contribution in [0.25, 0.3) is 0 Å². The van der Waals surface area contributed by atoms with Crippen molar-refractivity contribution in [1.29, 1.82) is 0 Å². The molecule has 2 N–H and O–H groups in total. The monoisotopic (exact) mass is 498 g/mol. The van der Waals surface area contributed by atoms with Crippen molar-refractivity contribution in [3.63, 3.8) is 0 Å². The standard InChI is InChI=1S/C24H36Cl2N4O3/c1-17(2)28-24(32)30-9-7-18(8-10-30)4-6-23(31)27-14-20-16-29(11-12-33-20)15-19-3-5-21(25)22(26)13-19/h3,5,13,17-18,20H,4,6-12,14-16H2,1-2H3,(H,27,31)(H,28,32)/t20-/m0/s1. The number of rotatable bonds is 8. The van der Waals surface area contributed by atoms with E-state index in [1.54, 1.807) is 0 Å². The van der Waals surface area contributed by atoms with Gasteiger partial charge in [-0.15, -0.1) is 0 Å². The molecule has 2 fully saturated rings. The molecule has 1 aromatic rings. The summed E-state index contributed by atoms with van der Waals surface area (Å²) in [5, 5.41) is 7.11. The number of hydrogen-bond acceptors (Lipinski definition) is 4. The summed E-state index contributed by atoms with van der Waals surface area (Å²) in [4.78, 5) is 28.7. The maximum atomic E-state index is 12.4. The highest BCUT2D eigenvalue weighted by Gasteiger charge is 2.24. The molecule has 0 spiro atoms. The first-order valence-electron chi connectivity index (χ1n) is 11.9. The Morgan fingerprint density at radius 2 is 1.91 bits per heavy atom. The van der Waals surface area contributed by atoms with Gasteiger partial charge in [0.2, 0.25) is 5.91 Å². The number of carbonyl (C=O) groups is 2. The topological polar surface area (TPSA) is 73.9 Å². The molecule has 0 radical (unpaired) electrons. The second kappa shape index (κ2) is 12.8. The molecule has 2 heterocycles.